The maximum Gasteiger partial charge on any atom is 0.310 e. The summed E-state index contributed by atoms with van der Waals surface area (Å²) in [6.45, 7) is 0.819. The molecule has 3 aliphatic heterocycles. The number of hydrogen-bond donors (Lipinski definition) is 2. The van der Waals surface area contributed by atoms with Gasteiger partial charge in [-0.15, -0.1) is 0 Å². The van der Waals surface area contributed by atoms with Crippen LogP contribution in [0.25, 0.3) is 0 Å². The molecule has 3 N–H and O–H groups in total. The van der Waals surface area contributed by atoms with Crippen molar-refractivity contribution < 1.29 is 14.3 Å². The summed E-state index contributed by atoms with van der Waals surface area (Å²) in [7, 11) is 1.41. The van der Waals surface area contributed by atoms with Crippen molar-refractivity contribution in [2.24, 2.45) is 5.92 Å². The molecule has 3 aliphatic rings. The van der Waals surface area contributed by atoms with Crippen LogP contribution in [0.4, 0.5) is 11.4 Å². The van der Waals surface area contributed by atoms with Gasteiger partial charge in [0.05, 0.1) is 13.0 Å². The first-order valence-corrected chi connectivity index (χ1v) is 7.64. The largest absolute Gasteiger partial charge is 0.469 e. The Morgan fingerprint density at radius 3 is 3.09 bits per heavy atom. The quantitative estimate of drug-likeness (QED) is 0.599. The number of rotatable bonds is 1. The number of methoxy groups -OCH3 is 1. The number of carbonyl (C=O) groups is 2. The number of fused-ring (bicyclic) bond motifs is 4. The molecule has 3 atom stereocenters. The molecular formula is C16H19N3O3. The predicted molar refractivity (Wildman–Crippen MR) is 81.0 cm³/mol. The van der Waals surface area contributed by atoms with Gasteiger partial charge in [0.25, 0.3) is 0 Å². The van der Waals surface area contributed by atoms with Crippen LogP contribution >= 0.6 is 0 Å². The van der Waals surface area contributed by atoms with E-state index in [9.17, 15) is 9.59 Å². The first-order valence-electron chi connectivity index (χ1n) is 7.64. The number of esters is 1. The number of anilines is 2. The van der Waals surface area contributed by atoms with Gasteiger partial charge in [-0.25, -0.2) is 0 Å². The summed E-state index contributed by atoms with van der Waals surface area (Å²) >= 11 is 0. The third kappa shape index (κ3) is 1.53. The van der Waals surface area contributed by atoms with E-state index in [1.165, 1.54) is 7.11 Å². The number of amides is 1. The molecule has 0 aromatic heterocycles. The lowest BCUT2D eigenvalue weighted by molar-refractivity contribution is -0.146. The summed E-state index contributed by atoms with van der Waals surface area (Å²) < 4.78 is 4.97. The van der Waals surface area contributed by atoms with Crippen molar-refractivity contribution in [3.63, 3.8) is 0 Å². The average Bonchev–Trinajstić information content (AvgIpc) is 3.15. The van der Waals surface area contributed by atoms with Gasteiger partial charge in [0.15, 0.2) is 0 Å². The van der Waals surface area contributed by atoms with Gasteiger partial charge < -0.3 is 15.8 Å². The van der Waals surface area contributed by atoms with Gasteiger partial charge in [0, 0.05) is 23.0 Å². The first kappa shape index (κ1) is 13.6. The number of benzene rings is 1. The smallest absolute Gasteiger partial charge is 0.310 e. The molecule has 0 saturated carbocycles. The van der Waals surface area contributed by atoms with Crippen molar-refractivity contribution in [1.29, 1.82) is 0 Å². The van der Waals surface area contributed by atoms with Crippen molar-refractivity contribution in [3.8, 4) is 0 Å². The lowest BCUT2D eigenvalue weighted by atomic mass is 9.84. The van der Waals surface area contributed by atoms with Gasteiger partial charge in [-0.3, -0.25) is 14.5 Å². The molecule has 2 saturated heterocycles. The molecule has 2 fully saturated rings. The lowest BCUT2D eigenvalue weighted by Gasteiger charge is -2.32. The van der Waals surface area contributed by atoms with Crippen molar-refractivity contribution in [3.05, 3.63) is 23.8 Å². The fourth-order valence-electron chi connectivity index (χ4n) is 4.50. The second-order valence-corrected chi connectivity index (χ2v) is 6.36. The van der Waals surface area contributed by atoms with Crippen LogP contribution in [0, 0.1) is 5.92 Å². The fourth-order valence-corrected chi connectivity index (χ4v) is 4.50. The minimum Gasteiger partial charge on any atom is -0.469 e. The molecule has 3 heterocycles. The zero-order chi connectivity index (χ0) is 15.5. The standard InChI is InChI=1S/C16H19N3O3/c1-22-14(20)10-8-16(19-6-2-3-13(10)19)11-7-9(17)4-5-12(11)18-15(16)21/h4-5,7,10,13H,2-3,6,8,17H2,1H3,(H,18,21). The number of ether oxygens (including phenoxy) is 1. The molecule has 116 valence electrons. The van der Waals surface area contributed by atoms with E-state index in [1.807, 2.05) is 12.1 Å². The Balaban J connectivity index is 1.86. The highest BCUT2D eigenvalue weighted by atomic mass is 16.5. The number of nitrogen functional groups attached to an aromatic ring is 1. The molecule has 6 nitrogen and oxygen atoms in total. The maximum atomic E-state index is 12.8. The van der Waals surface area contributed by atoms with E-state index in [0.29, 0.717) is 12.1 Å². The summed E-state index contributed by atoms with van der Waals surface area (Å²) in [6, 6.07) is 5.56. The minimum absolute atomic E-state index is 0.0496. The summed E-state index contributed by atoms with van der Waals surface area (Å²) in [4.78, 5) is 27.2. The van der Waals surface area contributed by atoms with E-state index >= 15 is 0 Å². The minimum atomic E-state index is -0.773. The van der Waals surface area contributed by atoms with Crippen molar-refractivity contribution in [1.82, 2.24) is 4.90 Å². The molecule has 1 aromatic carbocycles. The fraction of sp³-hybridized carbons (Fsp3) is 0.500. The monoisotopic (exact) mass is 301 g/mol. The Labute approximate surface area is 128 Å². The van der Waals surface area contributed by atoms with E-state index in [2.05, 4.69) is 10.2 Å². The molecule has 6 heteroatoms. The van der Waals surface area contributed by atoms with Gasteiger partial charge in [-0.2, -0.15) is 0 Å². The molecule has 0 bridgehead atoms. The van der Waals surface area contributed by atoms with Crippen LogP contribution in [0.5, 0.6) is 0 Å². The van der Waals surface area contributed by atoms with Crippen LogP contribution < -0.4 is 11.1 Å². The molecule has 0 aliphatic carbocycles. The van der Waals surface area contributed by atoms with Crippen LogP contribution in [-0.2, 0) is 19.9 Å². The van der Waals surface area contributed by atoms with Gasteiger partial charge in [-0.1, -0.05) is 0 Å². The van der Waals surface area contributed by atoms with Gasteiger partial charge >= 0.3 is 5.97 Å². The molecule has 1 aromatic rings. The van der Waals surface area contributed by atoms with Crippen LogP contribution in [-0.4, -0.2) is 36.5 Å². The van der Waals surface area contributed by atoms with Gasteiger partial charge in [0.1, 0.15) is 5.54 Å². The Hall–Kier alpha value is -2.08. The van der Waals surface area contributed by atoms with Crippen LogP contribution in [0.1, 0.15) is 24.8 Å². The van der Waals surface area contributed by atoms with Gasteiger partial charge in [-0.05, 0) is 44.0 Å². The maximum absolute atomic E-state index is 12.8. The Morgan fingerprint density at radius 2 is 2.32 bits per heavy atom. The molecule has 1 amide bonds. The third-order valence-electron chi connectivity index (χ3n) is 5.39. The normalized spacial score (nSPS) is 32.9. The Kier molecular flexibility index (Phi) is 2.75. The molecular weight excluding hydrogens is 282 g/mol. The molecule has 4 rings (SSSR count). The molecule has 22 heavy (non-hydrogen) atoms. The number of hydrogen-bond acceptors (Lipinski definition) is 5. The zero-order valence-electron chi connectivity index (χ0n) is 12.5. The molecule has 0 radical (unpaired) electrons. The van der Waals surface area contributed by atoms with Crippen LogP contribution in [0.2, 0.25) is 0 Å². The predicted octanol–water partition coefficient (Wildman–Crippen LogP) is 1.07. The highest BCUT2D eigenvalue weighted by Crippen LogP contribution is 2.54. The highest BCUT2D eigenvalue weighted by molar-refractivity contribution is 6.07. The summed E-state index contributed by atoms with van der Waals surface area (Å²) in [5.41, 5.74) is 7.49. The SMILES string of the molecule is COC(=O)C1CC2(C(=O)Nc3ccc(N)cc32)N2CCCC12. The second-order valence-electron chi connectivity index (χ2n) is 6.36. The second kappa shape index (κ2) is 4.46. The van der Waals surface area contributed by atoms with E-state index < -0.39 is 5.54 Å². The number of nitrogens with two attached hydrogens (primary N) is 1. The molecule has 1 spiro atoms. The first-order chi connectivity index (χ1) is 10.6. The van der Waals surface area contributed by atoms with E-state index in [1.54, 1.807) is 6.07 Å². The summed E-state index contributed by atoms with van der Waals surface area (Å²) in [6.07, 6.45) is 2.38. The lowest BCUT2D eigenvalue weighted by Crippen LogP contribution is -2.47. The summed E-state index contributed by atoms with van der Waals surface area (Å²) in [5, 5.41) is 2.96. The van der Waals surface area contributed by atoms with E-state index in [4.69, 9.17) is 10.5 Å². The number of nitrogens with zero attached hydrogens (tertiary/aromatic N) is 1. The van der Waals surface area contributed by atoms with E-state index in [-0.39, 0.29) is 23.8 Å². The zero-order valence-corrected chi connectivity index (χ0v) is 12.5. The number of nitrogens with one attached hydrogen (secondary N) is 1. The Morgan fingerprint density at radius 1 is 1.50 bits per heavy atom. The topological polar surface area (TPSA) is 84.7 Å². The third-order valence-corrected chi connectivity index (χ3v) is 5.39. The van der Waals surface area contributed by atoms with Crippen molar-refractivity contribution >= 4 is 23.3 Å². The van der Waals surface area contributed by atoms with E-state index in [0.717, 1.165) is 30.6 Å². The van der Waals surface area contributed by atoms with Gasteiger partial charge in [0.2, 0.25) is 5.91 Å². The van der Waals surface area contributed by atoms with Crippen molar-refractivity contribution in [2.75, 3.05) is 24.7 Å². The van der Waals surface area contributed by atoms with Crippen molar-refractivity contribution in [2.45, 2.75) is 30.8 Å². The highest BCUT2D eigenvalue weighted by Gasteiger charge is 2.63. The summed E-state index contributed by atoms with van der Waals surface area (Å²) in [5.74, 6) is -0.532. The average molecular weight is 301 g/mol. The Bertz CT molecular complexity index is 675. The van der Waals surface area contributed by atoms with Crippen LogP contribution in [0.3, 0.4) is 0 Å². The van der Waals surface area contributed by atoms with Crippen LogP contribution in [0.15, 0.2) is 18.2 Å². The number of carbonyl (C=O) groups excluding carboxylic acids is 2. The molecule has 3 unspecified atom stereocenters.